The summed E-state index contributed by atoms with van der Waals surface area (Å²) in [4.78, 5) is 0. The van der Waals surface area contributed by atoms with Gasteiger partial charge in [0.15, 0.2) is 0 Å². The van der Waals surface area contributed by atoms with Gasteiger partial charge in [-0.3, -0.25) is 0 Å². The summed E-state index contributed by atoms with van der Waals surface area (Å²) in [6, 6.07) is 9.45. The van der Waals surface area contributed by atoms with Crippen molar-refractivity contribution < 1.29 is 5.11 Å². The Hall–Kier alpha value is -1.21. The Morgan fingerprint density at radius 2 is 1.77 bits per heavy atom. The minimum Gasteiger partial charge on any atom is -0.506 e. The summed E-state index contributed by atoms with van der Waals surface area (Å²) < 4.78 is 0. The van der Waals surface area contributed by atoms with Crippen LogP contribution in [0.15, 0.2) is 30.3 Å². The maximum Gasteiger partial charge on any atom is 0.142 e. The van der Waals surface area contributed by atoms with E-state index in [1.807, 2.05) is 31.2 Å². The summed E-state index contributed by atoms with van der Waals surface area (Å²) in [5.41, 5.74) is 1.08. The molecule has 2 aromatic carbocycles. The second kappa shape index (κ2) is 2.93. The SMILES string of the molecule is Cc1cc(Cl)c(O)c2ccccc12. The van der Waals surface area contributed by atoms with E-state index in [0.29, 0.717) is 5.02 Å². The molecule has 2 rings (SSSR count). The van der Waals surface area contributed by atoms with Crippen LogP contribution in [0.1, 0.15) is 5.56 Å². The van der Waals surface area contributed by atoms with Crippen LogP contribution in [0.2, 0.25) is 5.02 Å². The van der Waals surface area contributed by atoms with Gasteiger partial charge in [0.2, 0.25) is 0 Å². The van der Waals surface area contributed by atoms with Crippen molar-refractivity contribution in [2.45, 2.75) is 6.92 Å². The van der Waals surface area contributed by atoms with E-state index in [9.17, 15) is 5.11 Å². The zero-order chi connectivity index (χ0) is 9.42. The highest BCUT2D eigenvalue weighted by Gasteiger charge is 2.05. The first kappa shape index (κ1) is 8.39. The molecule has 0 unspecified atom stereocenters. The van der Waals surface area contributed by atoms with Gasteiger partial charge in [-0.2, -0.15) is 0 Å². The van der Waals surface area contributed by atoms with Crippen molar-refractivity contribution in [3.63, 3.8) is 0 Å². The fourth-order valence-electron chi connectivity index (χ4n) is 1.50. The molecule has 0 fully saturated rings. The van der Waals surface area contributed by atoms with Gasteiger partial charge < -0.3 is 5.11 Å². The minimum absolute atomic E-state index is 0.169. The van der Waals surface area contributed by atoms with Crippen LogP contribution in [-0.2, 0) is 0 Å². The van der Waals surface area contributed by atoms with Crippen LogP contribution in [0.4, 0.5) is 0 Å². The highest BCUT2D eigenvalue weighted by Crippen LogP contribution is 2.34. The first-order chi connectivity index (χ1) is 6.20. The molecule has 0 aliphatic rings. The molecule has 0 aromatic heterocycles. The topological polar surface area (TPSA) is 20.2 Å². The van der Waals surface area contributed by atoms with Crippen LogP contribution in [0.25, 0.3) is 10.8 Å². The largest absolute Gasteiger partial charge is 0.506 e. The zero-order valence-corrected chi connectivity index (χ0v) is 7.97. The summed E-state index contributed by atoms with van der Waals surface area (Å²) in [6.07, 6.45) is 0. The van der Waals surface area contributed by atoms with E-state index in [2.05, 4.69) is 0 Å². The molecule has 0 saturated carbocycles. The van der Waals surface area contributed by atoms with E-state index in [-0.39, 0.29) is 5.75 Å². The monoisotopic (exact) mass is 192 g/mol. The van der Waals surface area contributed by atoms with Crippen LogP contribution in [-0.4, -0.2) is 5.11 Å². The molecule has 0 amide bonds. The molecule has 0 aliphatic carbocycles. The fourth-order valence-corrected chi connectivity index (χ4v) is 1.76. The van der Waals surface area contributed by atoms with Crippen LogP contribution < -0.4 is 0 Å². The third-order valence-corrected chi connectivity index (χ3v) is 2.46. The molecule has 66 valence electrons. The molecule has 0 radical (unpaired) electrons. The lowest BCUT2D eigenvalue weighted by Crippen LogP contribution is -1.80. The number of rotatable bonds is 0. The van der Waals surface area contributed by atoms with Gasteiger partial charge in [0.05, 0.1) is 5.02 Å². The van der Waals surface area contributed by atoms with Gasteiger partial charge in [-0.1, -0.05) is 35.9 Å². The first-order valence-corrected chi connectivity index (χ1v) is 4.45. The summed E-state index contributed by atoms with van der Waals surface area (Å²) in [7, 11) is 0. The lowest BCUT2D eigenvalue weighted by Gasteiger charge is -2.05. The number of benzene rings is 2. The van der Waals surface area contributed by atoms with Crippen molar-refractivity contribution in [2.24, 2.45) is 0 Å². The van der Waals surface area contributed by atoms with Gasteiger partial charge >= 0.3 is 0 Å². The number of aromatic hydroxyl groups is 1. The summed E-state index contributed by atoms with van der Waals surface area (Å²) in [5, 5.41) is 11.9. The highest BCUT2D eigenvalue weighted by molar-refractivity contribution is 6.33. The van der Waals surface area contributed by atoms with Crippen LogP contribution in [0.3, 0.4) is 0 Å². The Balaban J connectivity index is 2.97. The smallest absolute Gasteiger partial charge is 0.142 e. The number of hydrogen-bond donors (Lipinski definition) is 1. The molecular formula is C11H9ClO. The van der Waals surface area contributed by atoms with E-state index < -0.39 is 0 Å². The quantitative estimate of drug-likeness (QED) is 0.677. The van der Waals surface area contributed by atoms with E-state index in [1.165, 1.54) is 0 Å². The molecule has 0 bridgehead atoms. The molecular weight excluding hydrogens is 184 g/mol. The van der Waals surface area contributed by atoms with Crippen LogP contribution in [0, 0.1) is 6.92 Å². The molecule has 2 heteroatoms. The van der Waals surface area contributed by atoms with Gasteiger partial charge in [-0.25, -0.2) is 0 Å². The second-order valence-corrected chi connectivity index (χ2v) is 3.48. The Morgan fingerprint density at radius 1 is 1.15 bits per heavy atom. The number of phenolic OH excluding ortho intramolecular Hbond substituents is 1. The molecule has 1 nitrogen and oxygen atoms in total. The molecule has 0 aliphatic heterocycles. The highest BCUT2D eigenvalue weighted by atomic mass is 35.5. The predicted octanol–water partition coefficient (Wildman–Crippen LogP) is 3.51. The van der Waals surface area contributed by atoms with Crippen LogP contribution >= 0.6 is 11.6 Å². The summed E-state index contributed by atoms with van der Waals surface area (Å²) in [5.74, 6) is 0.169. The van der Waals surface area contributed by atoms with E-state index >= 15 is 0 Å². The molecule has 13 heavy (non-hydrogen) atoms. The second-order valence-electron chi connectivity index (χ2n) is 3.07. The average Bonchev–Trinajstić information content (AvgIpc) is 2.15. The lowest BCUT2D eigenvalue weighted by molar-refractivity contribution is 0.482. The zero-order valence-electron chi connectivity index (χ0n) is 7.21. The Morgan fingerprint density at radius 3 is 2.46 bits per heavy atom. The van der Waals surface area contributed by atoms with Crippen molar-refractivity contribution in [1.82, 2.24) is 0 Å². The molecule has 0 atom stereocenters. The molecule has 0 saturated heterocycles. The number of hydrogen-bond acceptors (Lipinski definition) is 1. The van der Waals surface area contributed by atoms with E-state index in [1.54, 1.807) is 6.07 Å². The van der Waals surface area contributed by atoms with Gasteiger partial charge in [0.25, 0.3) is 0 Å². The molecule has 0 heterocycles. The maximum absolute atomic E-state index is 9.65. The van der Waals surface area contributed by atoms with Gasteiger partial charge in [-0.05, 0) is 23.9 Å². The molecule has 0 spiro atoms. The lowest BCUT2D eigenvalue weighted by atomic mass is 10.1. The minimum atomic E-state index is 0.169. The Labute approximate surface area is 81.6 Å². The number of fused-ring (bicyclic) bond motifs is 1. The predicted molar refractivity (Wildman–Crippen MR) is 55.4 cm³/mol. The summed E-state index contributed by atoms with van der Waals surface area (Å²) in [6.45, 7) is 1.98. The summed E-state index contributed by atoms with van der Waals surface area (Å²) >= 11 is 5.84. The Bertz CT molecular complexity index is 463. The third kappa shape index (κ3) is 1.25. The van der Waals surface area contributed by atoms with Gasteiger partial charge in [0, 0.05) is 5.39 Å². The number of phenols is 1. The average molecular weight is 193 g/mol. The van der Waals surface area contributed by atoms with Crippen molar-refractivity contribution in [2.75, 3.05) is 0 Å². The van der Waals surface area contributed by atoms with Crippen molar-refractivity contribution >= 4 is 22.4 Å². The van der Waals surface area contributed by atoms with Crippen molar-refractivity contribution in [1.29, 1.82) is 0 Å². The van der Waals surface area contributed by atoms with Crippen molar-refractivity contribution in [3.05, 3.63) is 40.9 Å². The Kier molecular flexibility index (Phi) is 1.89. The number of halogens is 1. The van der Waals surface area contributed by atoms with Gasteiger partial charge in [0.1, 0.15) is 5.75 Å². The van der Waals surface area contributed by atoms with E-state index in [4.69, 9.17) is 11.6 Å². The normalized spacial score (nSPS) is 10.6. The van der Waals surface area contributed by atoms with Crippen LogP contribution in [0.5, 0.6) is 5.75 Å². The molecule has 2 aromatic rings. The van der Waals surface area contributed by atoms with E-state index in [0.717, 1.165) is 16.3 Å². The maximum atomic E-state index is 9.65. The number of aryl methyl sites for hydroxylation is 1. The standard InChI is InChI=1S/C11H9ClO/c1-7-6-10(12)11(13)9-5-3-2-4-8(7)9/h2-6,13H,1H3. The third-order valence-electron chi connectivity index (χ3n) is 2.18. The first-order valence-electron chi connectivity index (χ1n) is 4.07. The van der Waals surface area contributed by atoms with Gasteiger partial charge in [-0.15, -0.1) is 0 Å². The van der Waals surface area contributed by atoms with Crippen molar-refractivity contribution in [3.8, 4) is 5.75 Å². The fraction of sp³-hybridized carbons (Fsp3) is 0.0909. The molecule has 1 N–H and O–H groups in total.